The second-order valence-electron chi connectivity index (χ2n) is 5.49. The third kappa shape index (κ3) is 3.60. The number of anilines is 1. The van der Waals surface area contributed by atoms with E-state index in [9.17, 15) is 19.5 Å². The first-order valence-corrected chi connectivity index (χ1v) is 8.31. The van der Waals surface area contributed by atoms with Crippen molar-refractivity contribution in [3.8, 4) is 11.5 Å². The van der Waals surface area contributed by atoms with Crippen LogP contribution in [-0.4, -0.2) is 30.1 Å². The number of barbiturate groups is 1. The van der Waals surface area contributed by atoms with Gasteiger partial charge in [-0.15, -0.1) is 0 Å². The molecule has 0 radical (unpaired) electrons. The molecule has 138 valence electrons. The van der Waals surface area contributed by atoms with Gasteiger partial charge in [0.25, 0.3) is 11.8 Å². The van der Waals surface area contributed by atoms with Crippen LogP contribution in [0.25, 0.3) is 6.08 Å². The molecule has 27 heavy (non-hydrogen) atoms. The summed E-state index contributed by atoms with van der Waals surface area (Å²) in [7, 11) is 1.34. The molecule has 0 unspecified atom stereocenters. The van der Waals surface area contributed by atoms with E-state index in [0.717, 1.165) is 4.90 Å². The molecule has 2 aromatic carbocycles. The molecular weight excluding hydrogens is 395 g/mol. The van der Waals surface area contributed by atoms with Gasteiger partial charge in [-0.3, -0.25) is 14.9 Å². The number of aromatic hydroxyl groups is 1. The van der Waals surface area contributed by atoms with Gasteiger partial charge in [-0.1, -0.05) is 23.2 Å². The third-order valence-corrected chi connectivity index (χ3v) is 4.31. The van der Waals surface area contributed by atoms with E-state index >= 15 is 0 Å². The van der Waals surface area contributed by atoms with E-state index in [4.69, 9.17) is 27.9 Å². The molecule has 0 atom stereocenters. The molecule has 1 fully saturated rings. The van der Waals surface area contributed by atoms with Crippen LogP contribution in [0.1, 0.15) is 5.56 Å². The number of phenolic OH excluding ortho intramolecular Hbond substituents is 1. The molecular formula is C18H12Cl2N2O5. The van der Waals surface area contributed by atoms with Gasteiger partial charge in [-0.2, -0.15) is 0 Å². The number of imide groups is 2. The summed E-state index contributed by atoms with van der Waals surface area (Å²) in [4.78, 5) is 37.9. The average molecular weight is 407 g/mol. The Bertz CT molecular complexity index is 986. The summed E-state index contributed by atoms with van der Waals surface area (Å²) in [5.41, 5.74) is 0.300. The summed E-state index contributed by atoms with van der Waals surface area (Å²) in [5.74, 6) is -1.85. The molecule has 1 heterocycles. The van der Waals surface area contributed by atoms with E-state index in [1.165, 1.54) is 49.6 Å². The quantitative estimate of drug-likeness (QED) is 0.601. The highest BCUT2D eigenvalue weighted by Crippen LogP contribution is 2.35. The third-order valence-electron chi connectivity index (χ3n) is 3.77. The van der Waals surface area contributed by atoms with Crippen LogP contribution in [0.3, 0.4) is 0 Å². The SMILES string of the molecule is COc1cc(/C=C2/C(=O)NC(=O)N(c3ccc(Cl)cc3)C2=O)cc(Cl)c1O. The van der Waals surface area contributed by atoms with Crippen molar-refractivity contribution in [3.05, 3.63) is 57.6 Å². The van der Waals surface area contributed by atoms with Crippen LogP contribution in [0.4, 0.5) is 10.5 Å². The normalized spacial score (nSPS) is 15.9. The number of nitrogens with one attached hydrogen (secondary N) is 1. The summed E-state index contributed by atoms with van der Waals surface area (Å²) in [5, 5.41) is 12.3. The summed E-state index contributed by atoms with van der Waals surface area (Å²) in [6, 6.07) is 7.88. The van der Waals surface area contributed by atoms with Crippen molar-refractivity contribution < 1.29 is 24.2 Å². The van der Waals surface area contributed by atoms with Gasteiger partial charge < -0.3 is 9.84 Å². The second kappa shape index (κ2) is 7.30. The van der Waals surface area contributed by atoms with Crippen molar-refractivity contribution in [1.29, 1.82) is 0 Å². The maximum atomic E-state index is 12.8. The van der Waals surface area contributed by atoms with Crippen LogP contribution in [0.15, 0.2) is 42.0 Å². The molecule has 1 aliphatic rings. The second-order valence-corrected chi connectivity index (χ2v) is 6.33. The number of carbonyl (C=O) groups is 3. The number of halogens is 2. The molecule has 1 saturated heterocycles. The van der Waals surface area contributed by atoms with Gasteiger partial charge in [0.1, 0.15) is 5.57 Å². The smallest absolute Gasteiger partial charge is 0.335 e. The fourth-order valence-electron chi connectivity index (χ4n) is 2.48. The van der Waals surface area contributed by atoms with Crippen molar-refractivity contribution in [2.24, 2.45) is 0 Å². The van der Waals surface area contributed by atoms with Gasteiger partial charge in [0.15, 0.2) is 11.5 Å². The van der Waals surface area contributed by atoms with Gasteiger partial charge >= 0.3 is 6.03 Å². The zero-order chi connectivity index (χ0) is 19.7. The molecule has 0 aliphatic carbocycles. The lowest BCUT2D eigenvalue weighted by atomic mass is 10.1. The summed E-state index contributed by atoms with van der Waals surface area (Å²) in [6.45, 7) is 0. The first kappa shape index (κ1) is 18.8. The zero-order valence-corrected chi connectivity index (χ0v) is 15.3. The van der Waals surface area contributed by atoms with Crippen molar-refractivity contribution >= 4 is 52.8 Å². The number of phenols is 1. The van der Waals surface area contributed by atoms with Gasteiger partial charge in [0.2, 0.25) is 0 Å². The number of hydrogen-bond acceptors (Lipinski definition) is 5. The van der Waals surface area contributed by atoms with E-state index in [0.29, 0.717) is 10.6 Å². The minimum Gasteiger partial charge on any atom is -0.503 e. The number of ether oxygens (including phenoxy) is 1. The van der Waals surface area contributed by atoms with Crippen LogP contribution in [-0.2, 0) is 9.59 Å². The van der Waals surface area contributed by atoms with Gasteiger partial charge in [-0.25, -0.2) is 9.69 Å². The molecule has 3 rings (SSSR count). The van der Waals surface area contributed by atoms with E-state index in [1.807, 2.05) is 0 Å². The van der Waals surface area contributed by atoms with Crippen molar-refractivity contribution in [2.75, 3.05) is 12.0 Å². The minimum atomic E-state index is -0.870. The molecule has 7 nitrogen and oxygen atoms in total. The average Bonchev–Trinajstić information content (AvgIpc) is 2.62. The van der Waals surface area contributed by atoms with E-state index in [1.54, 1.807) is 0 Å². The van der Waals surface area contributed by atoms with Gasteiger partial charge in [0.05, 0.1) is 17.8 Å². The lowest BCUT2D eigenvalue weighted by Gasteiger charge is -2.26. The van der Waals surface area contributed by atoms with Gasteiger partial charge in [-0.05, 0) is 48.0 Å². The highest BCUT2D eigenvalue weighted by Gasteiger charge is 2.36. The summed E-state index contributed by atoms with van der Waals surface area (Å²) < 4.78 is 5.00. The molecule has 2 N–H and O–H groups in total. The number of rotatable bonds is 3. The number of urea groups is 1. The van der Waals surface area contributed by atoms with Crippen molar-refractivity contribution in [2.45, 2.75) is 0 Å². The van der Waals surface area contributed by atoms with Crippen LogP contribution < -0.4 is 15.0 Å². The Morgan fingerprint density at radius 1 is 1.11 bits per heavy atom. The zero-order valence-electron chi connectivity index (χ0n) is 13.8. The van der Waals surface area contributed by atoms with Crippen molar-refractivity contribution in [3.63, 3.8) is 0 Å². The fourth-order valence-corrected chi connectivity index (χ4v) is 2.83. The molecule has 1 aliphatic heterocycles. The standard InChI is InChI=1S/C18H12Cl2N2O5/c1-27-14-8-9(7-13(20)15(14)23)6-12-16(24)21-18(26)22(17(12)25)11-4-2-10(19)3-5-11/h2-8,23H,1H3,(H,21,24,26)/b12-6-. The predicted octanol–water partition coefficient (Wildman–Crippen LogP) is 3.37. The highest BCUT2D eigenvalue weighted by molar-refractivity contribution is 6.39. The Morgan fingerprint density at radius 3 is 2.41 bits per heavy atom. The summed E-state index contributed by atoms with van der Waals surface area (Å²) in [6.07, 6.45) is 1.25. The summed E-state index contributed by atoms with van der Waals surface area (Å²) >= 11 is 11.8. The first-order chi connectivity index (χ1) is 12.8. The van der Waals surface area contributed by atoms with Crippen LogP contribution in [0.5, 0.6) is 11.5 Å². The lowest BCUT2D eigenvalue weighted by molar-refractivity contribution is -0.122. The van der Waals surface area contributed by atoms with Crippen LogP contribution in [0, 0.1) is 0 Å². The number of methoxy groups -OCH3 is 1. The number of benzene rings is 2. The fraction of sp³-hybridized carbons (Fsp3) is 0.0556. The Labute approximate surface area is 163 Å². The topological polar surface area (TPSA) is 95.9 Å². The predicted molar refractivity (Wildman–Crippen MR) is 100 cm³/mol. The Kier molecular flexibility index (Phi) is 5.07. The molecule has 2 aromatic rings. The van der Waals surface area contributed by atoms with Crippen molar-refractivity contribution in [1.82, 2.24) is 5.32 Å². The molecule has 0 bridgehead atoms. The highest BCUT2D eigenvalue weighted by atomic mass is 35.5. The van der Waals surface area contributed by atoms with Crippen LogP contribution >= 0.6 is 23.2 Å². The largest absolute Gasteiger partial charge is 0.503 e. The molecule has 9 heteroatoms. The maximum absolute atomic E-state index is 12.8. The lowest BCUT2D eigenvalue weighted by Crippen LogP contribution is -2.54. The monoisotopic (exact) mass is 406 g/mol. The Balaban J connectivity index is 2.04. The Hall–Kier alpha value is -3.03. The molecule has 0 aromatic heterocycles. The van der Waals surface area contributed by atoms with Gasteiger partial charge in [0, 0.05) is 5.02 Å². The number of nitrogens with zero attached hydrogens (tertiary/aromatic N) is 1. The maximum Gasteiger partial charge on any atom is 0.335 e. The van der Waals surface area contributed by atoms with E-state index < -0.39 is 17.8 Å². The van der Waals surface area contributed by atoms with E-state index in [-0.39, 0.29) is 27.8 Å². The molecule has 0 saturated carbocycles. The molecule has 4 amide bonds. The van der Waals surface area contributed by atoms with E-state index in [2.05, 4.69) is 5.32 Å². The molecule has 0 spiro atoms. The number of hydrogen-bond donors (Lipinski definition) is 2. The first-order valence-electron chi connectivity index (χ1n) is 7.55. The Morgan fingerprint density at radius 2 is 1.78 bits per heavy atom. The minimum absolute atomic E-state index is 0.0181. The number of amides is 4. The van der Waals surface area contributed by atoms with Crippen LogP contribution in [0.2, 0.25) is 10.0 Å². The number of carbonyl (C=O) groups excluding carboxylic acids is 3.